The molecule has 2 aromatic heterocycles. The summed E-state index contributed by atoms with van der Waals surface area (Å²) in [5, 5.41) is 0.639. The van der Waals surface area contributed by atoms with Crippen LogP contribution in [0, 0.1) is 0 Å². The van der Waals surface area contributed by atoms with Gasteiger partial charge in [0.2, 0.25) is 0 Å². The molecule has 0 radical (unpaired) electrons. The molecule has 0 aliphatic rings. The first-order valence-corrected chi connectivity index (χ1v) is 7.07. The fraction of sp³-hybridized carbons (Fsp3) is 0. The first-order valence-electron chi connectivity index (χ1n) is 5.08. The standard InChI is InChI=1S/C12H6BrClN2OS/c13-7-3-1-2-6(10(7)14)9-4-8-11(18-9)12(17)16-5-15-8/h1-5H,(H,15,16,17). The topological polar surface area (TPSA) is 45.8 Å². The van der Waals surface area contributed by atoms with Gasteiger partial charge in [-0.15, -0.1) is 11.3 Å². The fourth-order valence-electron chi connectivity index (χ4n) is 1.69. The molecule has 6 heteroatoms. The highest BCUT2D eigenvalue weighted by Gasteiger charge is 2.11. The number of fused-ring (bicyclic) bond motifs is 1. The molecule has 0 amide bonds. The van der Waals surface area contributed by atoms with E-state index in [1.807, 2.05) is 24.3 Å². The van der Waals surface area contributed by atoms with Gasteiger partial charge in [-0.25, -0.2) is 4.98 Å². The molecule has 0 atom stereocenters. The third-order valence-electron chi connectivity index (χ3n) is 2.54. The molecule has 2 heterocycles. The van der Waals surface area contributed by atoms with E-state index in [4.69, 9.17) is 11.6 Å². The largest absolute Gasteiger partial charge is 0.312 e. The number of thiophene rings is 1. The molecule has 3 nitrogen and oxygen atoms in total. The Labute approximate surface area is 120 Å². The molecule has 0 unspecified atom stereocenters. The van der Waals surface area contributed by atoms with Crippen LogP contribution in [0.3, 0.4) is 0 Å². The van der Waals surface area contributed by atoms with Crippen LogP contribution < -0.4 is 5.56 Å². The van der Waals surface area contributed by atoms with Crippen molar-refractivity contribution in [1.82, 2.24) is 9.97 Å². The Balaban J connectivity index is 2.29. The Bertz CT molecular complexity index is 796. The lowest BCUT2D eigenvalue weighted by atomic mass is 10.2. The van der Waals surface area contributed by atoms with Crippen molar-refractivity contribution in [3.05, 3.63) is 50.4 Å². The van der Waals surface area contributed by atoms with E-state index < -0.39 is 0 Å². The van der Waals surface area contributed by atoms with Crippen molar-refractivity contribution in [3.63, 3.8) is 0 Å². The lowest BCUT2D eigenvalue weighted by molar-refractivity contribution is 1.18. The van der Waals surface area contributed by atoms with Crippen molar-refractivity contribution >= 4 is 49.1 Å². The van der Waals surface area contributed by atoms with Crippen molar-refractivity contribution in [1.29, 1.82) is 0 Å². The van der Waals surface area contributed by atoms with Gasteiger partial charge in [-0.1, -0.05) is 23.7 Å². The quantitative estimate of drug-likeness (QED) is 0.725. The summed E-state index contributed by atoms with van der Waals surface area (Å²) in [5.41, 5.74) is 1.46. The molecular formula is C12H6BrClN2OS. The summed E-state index contributed by atoms with van der Waals surface area (Å²) in [6.07, 6.45) is 1.41. The van der Waals surface area contributed by atoms with E-state index in [1.165, 1.54) is 17.7 Å². The van der Waals surface area contributed by atoms with Gasteiger partial charge >= 0.3 is 0 Å². The minimum atomic E-state index is -0.123. The van der Waals surface area contributed by atoms with Crippen LogP contribution in [0.2, 0.25) is 5.02 Å². The van der Waals surface area contributed by atoms with Crippen molar-refractivity contribution < 1.29 is 0 Å². The molecule has 0 fully saturated rings. The summed E-state index contributed by atoms with van der Waals surface area (Å²) in [4.78, 5) is 19.3. The van der Waals surface area contributed by atoms with Gasteiger partial charge in [0.1, 0.15) is 4.70 Å². The number of benzene rings is 1. The number of hydrogen-bond donors (Lipinski definition) is 1. The molecule has 1 aromatic carbocycles. The van der Waals surface area contributed by atoms with Gasteiger partial charge in [0.05, 0.1) is 16.9 Å². The molecule has 0 saturated heterocycles. The van der Waals surface area contributed by atoms with E-state index in [-0.39, 0.29) is 5.56 Å². The zero-order valence-electron chi connectivity index (χ0n) is 8.91. The summed E-state index contributed by atoms with van der Waals surface area (Å²) >= 11 is 11.0. The molecule has 90 valence electrons. The van der Waals surface area contributed by atoms with E-state index in [1.54, 1.807) is 0 Å². The zero-order valence-corrected chi connectivity index (χ0v) is 12.1. The molecule has 0 bridgehead atoms. The number of nitrogens with one attached hydrogen (secondary N) is 1. The molecular weight excluding hydrogens is 336 g/mol. The zero-order chi connectivity index (χ0) is 12.7. The van der Waals surface area contributed by atoms with Crippen LogP contribution in [-0.2, 0) is 0 Å². The predicted molar refractivity (Wildman–Crippen MR) is 78.4 cm³/mol. The average molecular weight is 342 g/mol. The summed E-state index contributed by atoms with van der Waals surface area (Å²) in [6.45, 7) is 0. The van der Waals surface area contributed by atoms with Gasteiger partial charge in [-0.3, -0.25) is 4.79 Å². The number of aromatic amines is 1. The second-order valence-electron chi connectivity index (χ2n) is 3.66. The van der Waals surface area contributed by atoms with Crippen LogP contribution in [0.4, 0.5) is 0 Å². The van der Waals surface area contributed by atoms with Crippen LogP contribution in [0.15, 0.2) is 39.9 Å². The van der Waals surface area contributed by atoms with Gasteiger partial charge in [-0.05, 0) is 28.1 Å². The predicted octanol–water partition coefficient (Wildman–Crippen LogP) is 4.07. The maximum atomic E-state index is 11.6. The molecule has 1 N–H and O–H groups in total. The van der Waals surface area contributed by atoms with Crippen LogP contribution in [0.5, 0.6) is 0 Å². The maximum absolute atomic E-state index is 11.6. The Morgan fingerprint density at radius 3 is 3.00 bits per heavy atom. The summed E-state index contributed by atoms with van der Waals surface area (Å²) in [7, 11) is 0. The monoisotopic (exact) mass is 340 g/mol. The minimum Gasteiger partial charge on any atom is -0.312 e. The second-order valence-corrected chi connectivity index (χ2v) is 5.94. The Morgan fingerprint density at radius 2 is 2.22 bits per heavy atom. The van der Waals surface area contributed by atoms with Crippen LogP contribution in [0.25, 0.3) is 20.7 Å². The molecule has 0 spiro atoms. The molecule has 0 aliphatic carbocycles. The highest BCUT2D eigenvalue weighted by atomic mass is 79.9. The molecule has 3 aromatic rings. The van der Waals surface area contributed by atoms with Gasteiger partial charge in [-0.2, -0.15) is 0 Å². The summed E-state index contributed by atoms with van der Waals surface area (Å²) in [6, 6.07) is 7.59. The first kappa shape index (κ1) is 11.9. The Hall–Kier alpha value is -1.17. The number of H-pyrrole nitrogens is 1. The van der Waals surface area contributed by atoms with E-state index in [0.29, 0.717) is 15.2 Å². The minimum absolute atomic E-state index is 0.123. The smallest absolute Gasteiger partial charge is 0.268 e. The number of nitrogens with zero attached hydrogens (tertiary/aromatic N) is 1. The number of hydrogen-bond acceptors (Lipinski definition) is 3. The normalized spacial score (nSPS) is 11.0. The molecule has 3 rings (SSSR count). The van der Waals surface area contributed by atoms with Crippen molar-refractivity contribution in [2.24, 2.45) is 0 Å². The fourth-order valence-corrected chi connectivity index (χ4v) is 3.38. The molecule has 0 saturated carbocycles. The van der Waals surface area contributed by atoms with Crippen molar-refractivity contribution in [2.75, 3.05) is 0 Å². The van der Waals surface area contributed by atoms with Crippen molar-refractivity contribution in [3.8, 4) is 10.4 Å². The van der Waals surface area contributed by atoms with E-state index in [9.17, 15) is 4.79 Å². The van der Waals surface area contributed by atoms with E-state index >= 15 is 0 Å². The second kappa shape index (κ2) is 4.50. The van der Waals surface area contributed by atoms with Crippen LogP contribution in [-0.4, -0.2) is 9.97 Å². The van der Waals surface area contributed by atoms with Gasteiger partial charge < -0.3 is 4.98 Å². The molecule has 18 heavy (non-hydrogen) atoms. The highest BCUT2D eigenvalue weighted by molar-refractivity contribution is 9.10. The third kappa shape index (κ3) is 1.88. The Kier molecular flexibility index (Phi) is 2.97. The Morgan fingerprint density at radius 1 is 1.39 bits per heavy atom. The van der Waals surface area contributed by atoms with Crippen LogP contribution >= 0.6 is 38.9 Å². The number of aromatic nitrogens is 2. The molecule has 0 aliphatic heterocycles. The first-order chi connectivity index (χ1) is 8.66. The highest BCUT2D eigenvalue weighted by Crippen LogP contribution is 2.38. The summed E-state index contributed by atoms with van der Waals surface area (Å²) in [5.74, 6) is 0. The van der Waals surface area contributed by atoms with E-state index in [2.05, 4.69) is 25.9 Å². The van der Waals surface area contributed by atoms with Crippen molar-refractivity contribution in [2.45, 2.75) is 0 Å². The average Bonchev–Trinajstić information content (AvgIpc) is 2.78. The van der Waals surface area contributed by atoms with E-state index in [0.717, 1.165) is 14.9 Å². The summed E-state index contributed by atoms with van der Waals surface area (Å²) < 4.78 is 1.45. The third-order valence-corrected chi connectivity index (χ3v) is 4.99. The van der Waals surface area contributed by atoms with Gasteiger partial charge in [0.25, 0.3) is 5.56 Å². The van der Waals surface area contributed by atoms with Crippen LogP contribution in [0.1, 0.15) is 0 Å². The van der Waals surface area contributed by atoms with Gasteiger partial charge in [0, 0.05) is 14.9 Å². The lowest BCUT2D eigenvalue weighted by Crippen LogP contribution is -2.02. The number of halogens is 2. The number of rotatable bonds is 1. The SMILES string of the molecule is O=c1[nH]cnc2cc(-c3cccc(Br)c3Cl)sc12. The van der Waals surface area contributed by atoms with Gasteiger partial charge in [0.15, 0.2) is 0 Å². The maximum Gasteiger partial charge on any atom is 0.268 e. The lowest BCUT2D eigenvalue weighted by Gasteiger charge is -2.02.